The average Bonchev–Trinajstić information content (AvgIpc) is 2.79. The molecule has 1 saturated heterocycles. The zero-order chi connectivity index (χ0) is 14.2. The van der Waals surface area contributed by atoms with Gasteiger partial charge in [-0.2, -0.15) is 0 Å². The van der Waals surface area contributed by atoms with Crippen LogP contribution in [0, 0.1) is 18.8 Å². The molecule has 0 aliphatic carbocycles. The molecule has 4 heteroatoms. The number of ether oxygens (including phenoxy) is 1. The van der Waals surface area contributed by atoms with E-state index >= 15 is 0 Å². The minimum absolute atomic E-state index is 0.315. The number of halogens is 1. The van der Waals surface area contributed by atoms with Crippen molar-refractivity contribution in [2.45, 2.75) is 52.9 Å². The Morgan fingerprint density at radius 2 is 2.05 bits per heavy atom. The molecule has 1 aromatic rings. The summed E-state index contributed by atoms with van der Waals surface area (Å²) >= 11 is 5.53. The van der Waals surface area contributed by atoms with E-state index in [9.17, 15) is 0 Å². The molecule has 1 aliphatic heterocycles. The van der Waals surface area contributed by atoms with Gasteiger partial charge in [0.15, 0.2) is 0 Å². The molecule has 5 atom stereocenters. The zero-order valence-corrected chi connectivity index (χ0v) is 14.8. The SMILES string of the molecule is CCNC(c1cc(Br)c(C)s1)C1C(C)OC(C)C1C. The Balaban J connectivity index is 2.29. The van der Waals surface area contributed by atoms with Crippen LogP contribution in [0.3, 0.4) is 0 Å². The average molecular weight is 346 g/mol. The van der Waals surface area contributed by atoms with Gasteiger partial charge >= 0.3 is 0 Å². The van der Waals surface area contributed by atoms with Crippen LogP contribution in [0.2, 0.25) is 0 Å². The summed E-state index contributed by atoms with van der Waals surface area (Å²) in [5, 5.41) is 3.67. The highest BCUT2D eigenvalue weighted by atomic mass is 79.9. The molecule has 0 aromatic carbocycles. The van der Waals surface area contributed by atoms with Gasteiger partial charge in [0.25, 0.3) is 0 Å². The molecule has 1 aliphatic rings. The quantitative estimate of drug-likeness (QED) is 0.865. The van der Waals surface area contributed by atoms with Gasteiger partial charge in [0.2, 0.25) is 0 Å². The first-order valence-electron chi connectivity index (χ1n) is 7.10. The predicted molar refractivity (Wildman–Crippen MR) is 85.8 cm³/mol. The van der Waals surface area contributed by atoms with Gasteiger partial charge in [0.05, 0.1) is 12.2 Å². The smallest absolute Gasteiger partial charge is 0.0600 e. The Bertz CT molecular complexity index is 414. The molecule has 2 nitrogen and oxygen atoms in total. The van der Waals surface area contributed by atoms with Crippen LogP contribution < -0.4 is 5.32 Å². The molecule has 0 bridgehead atoms. The van der Waals surface area contributed by atoms with Crippen LogP contribution in [-0.4, -0.2) is 18.8 Å². The van der Waals surface area contributed by atoms with Crippen molar-refractivity contribution in [3.8, 4) is 0 Å². The fourth-order valence-electron chi connectivity index (χ4n) is 3.15. The van der Waals surface area contributed by atoms with E-state index in [4.69, 9.17) is 4.74 Å². The third-order valence-electron chi connectivity index (χ3n) is 4.31. The molecule has 2 rings (SSSR count). The molecule has 0 spiro atoms. The van der Waals surface area contributed by atoms with E-state index in [1.54, 1.807) is 0 Å². The Morgan fingerprint density at radius 3 is 2.47 bits per heavy atom. The van der Waals surface area contributed by atoms with Crippen molar-refractivity contribution in [1.82, 2.24) is 5.32 Å². The Morgan fingerprint density at radius 1 is 1.37 bits per heavy atom. The number of hydrogen-bond donors (Lipinski definition) is 1. The second-order valence-corrected chi connectivity index (χ2v) is 7.71. The minimum Gasteiger partial charge on any atom is -0.375 e. The first-order valence-corrected chi connectivity index (χ1v) is 8.71. The Hall–Kier alpha value is 0.1000. The summed E-state index contributed by atoms with van der Waals surface area (Å²) in [6.45, 7) is 12.1. The van der Waals surface area contributed by atoms with E-state index in [0.29, 0.717) is 30.1 Å². The van der Waals surface area contributed by atoms with Crippen molar-refractivity contribution in [2.75, 3.05) is 6.54 Å². The lowest BCUT2D eigenvalue weighted by atomic mass is 9.83. The van der Waals surface area contributed by atoms with E-state index in [0.717, 1.165) is 6.54 Å². The second kappa shape index (κ2) is 6.25. The highest BCUT2D eigenvalue weighted by Crippen LogP contribution is 2.43. The fourth-order valence-corrected chi connectivity index (χ4v) is 4.84. The van der Waals surface area contributed by atoms with E-state index in [-0.39, 0.29) is 0 Å². The van der Waals surface area contributed by atoms with Crippen LogP contribution in [-0.2, 0) is 4.74 Å². The summed E-state index contributed by atoms with van der Waals surface area (Å²) in [6.07, 6.45) is 0.667. The van der Waals surface area contributed by atoms with Gasteiger partial charge in [0, 0.05) is 26.2 Å². The summed E-state index contributed by atoms with van der Waals surface area (Å²) in [7, 11) is 0. The lowest BCUT2D eigenvalue weighted by molar-refractivity contribution is 0.0477. The van der Waals surface area contributed by atoms with Gasteiger partial charge in [-0.1, -0.05) is 13.8 Å². The molecule has 5 unspecified atom stereocenters. The second-order valence-electron chi connectivity index (χ2n) is 5.57. The number of aryl methyl sites for hydroxylation is 1. The van der Waals surface area contributed by atoms with Gasteiger partial charge in [-0.15, -0.1) is 11.3 Å². The number of hydrogen-bond acceptors (Lipinski definition) is 3. The van der Waals surface area contributed by atoms with E-state index in [1.165, 1.54) is 14.2 Å². The maximum atomic E-state index is 6.02. The molecular weight excluding hydrogens is 322 g/mol. The first-order chi connectivity index (χ1) is 8.95. The van der Waals surface area contributed by atoms with Crippen molar-refractivity contribution in [1.29, 1.82) is 0 Å². The summed E-state index contributed by atoms with van der Waals surface area (Å²) in [5.41, 5.74) is 0. The standard InChI is InChI=1S/C15H24BrNOS/c1-6-17-15(13-7-12(16)11(5)19-13)14-8(2)9(3)18-10(14)4/h7-10,14-15,17H,6H2,1-5H3. The van der Waals surface area contributed by atoms with Gasteiger partial charge in [-0.3, -0.25) is 0 Å². The Kier molecular flexibility index (Phi) is 5.09. The topological polar surface area (TPSA) is 21.3 Å². The number of thiophene rings is 1. The molecule has 0 radical (unpaired) electrons. The van der Waals surface area contributed by atoms with Crippen LogP contribution in [0.1, 0.15) is 43.5 Å². The molecule has 0 saturated carbocycles. The molecular formula is C15H24BrNOS. The van der Waals surface area contributed by atoms with Crippen LogP contribution in [0.4, 0.5) is 0 Å². The zero-order valence-electron chi connectivity index (χ0n) is 12.4. The first kappa shape index (κ1) is 15.5. The Labute approximate surface area is 129 Å². The highest BCUT2D eigenvalue weighted by Gasteiger charge is 2.42. The maximum Gasteiger partial charge on any atom is 0.0600 e. The largest absolute Gasteiger partial charge is 0.375 e. The van der Waals surface area contributed by atoms with E-state index in [1.807, 2.05) is 11.3 Å². The van der Waals surface area contributed by atoms with E-state index < -0.39 is 0 Å². The van der Waals surface area contributed by atoms with Crippen LogP contribution in [0.5, 0.6) is 0 Å². The van der Waals surface area contributed by atoms with Crippen LogP contribution in [0.15, 0.2) is 10.5 Å². The van der Waals surface area contributed by atoms with Crippen molar-refractivity contribution in [3.63, 3.8) is 0 Å². The molecule has 2 heterocycles. The fraction of sp³-hybridized carbons (Fsp3) is 0.733. The summed E-state index contributed by atoms with van der Waals surface area (Å²) in [6, 6.07) is 2.67. The van der Waals surface area contributed by atoms with Gasteiger partial charge < -0.3 is 10.1 Å². The van der Waals surface area contributed by atoms with Crippen molar-refractivity contribution < 1.29 is 4.74 Å². The molecule has 108 valence electrons. The monoisotopic (exact) mass is 345 g/mol. The summed E-state index contributed by atoms with van der Waals surface area (Å²) in [5.74, 6) is 1.13. The number of nitrogens with one attached hydrogen (secondary N) is 1. The van der Waals surface area contributed by atoms with Crippen molar-refractivity contribution >= 4 is 27.3 Å². The van der Waals surface area contributed by atoms with Gasteiger partial charge in [-0.05, 0) is 55.2 Å². The molecule has 1 N–H and O–H groups in total. The minimum atomic E-state index is 0.315. The van der Waals surface area contributed by atoms with Gasteiger partial charge in [0.1, 0.15) is 0 Å². The summed E-state index contributed by atoms with van der Waals surface area (Å²) < 4.78 is 7.25. The molecule has 1 aromatic heterocycles. The maximum absolute atomic E-state index is 6.02. The van der Waals surface area contributed by atoms with Crippen molar-refractivity contribution in [2.24, 2.45) is 11.8 Å². The molecule has 1 fully saturated rings. The summed E-state index contributed by atoms with van der Waals surface area (Å²) in [4.78, 5) is 2.78. The predicted octanol–water partition coefficient (Wildman–Crippen LogP) is 4.53. The van der Waals surface area contributed by atoms with E-state index in [2.05, 4.69) is 61.9 Å². The van der Waals surface area contributed by atoms with Crippen LogP contribution >= 0.6 is 27.3 Å². The number of rotatable bonds is 4. The lowest BCUT2D eigenvalue weighted by Crippen LogP contribution is -2.34. The normalized spacial score (nSPS) is 32.7. The third-order valence-corrected chi connectivity index (χ3v) is 6.53. The van der Waals surface area contributed by atoms with Crippen LogP contribution in [0.25, 0.3) is 0 Å². The highest BCUT2D eigenvalue weighted by molar-refractivity contribution is 9.10. The lowest BCUT2D eigenvalue weighted by Gasteiger charge is -2.29. The van der Waals surface area contributed by atoms with Gasteiger partial charge in [-0.25, -0.2) is 0 Å². The third kappa shape index (κ3) is 3.07. The van der Waals surface area contributed by atoms with Crippen molar-refractivity contribution in [3.05, 3.63) is 20.3 Å². The molecule has 0 amide bonds. The molecule has 19 heavy (non-hydrogen) atoms.